The Balaban J connectivity index is 1.43. The van der Waals surface area contributed by atoms with Crippen LogP contribution >= 0.6 is 0 Å². The largest absolute Gasteiger partial charge is 0.508 e. The van der Waals surface area contributed by atoms with Crippen molar-refractivity contribution in [1.82, 2.24) is 0 Å². The molecule has 2 aliphatic heterocycles. The summed E-state index contributed by atoms with van der Waals surface area (Å²) in [6.45, 7) is 1.67. The highest BCUT2D eigenvalue weighted by atomic mass is 16.7. The first-order chi connectivity index (χ1) is 17.7. The molecule has 7 nitrogen and oxygen atoms in total. The van der Waals surface area contributed by atoms with Crippen molar-refractivity contribution in [3.05, 3.63) is 65.9 Å². The van der Waals surface area contributed by atoms with E-state index in [2.05, 4.69) is 29.0 Å². The van der Waals surface area contributed by atoms with Crippen molar-refractivity contribution in [3.63, 3.8) is 0 Å². The number of hydrogen-bond acceptors (Lipinski definition) is 6. The van der Waals surface area contributed by atoms with E-state index in [1.807, 2.05) is 6.07 Å². The molecule has 3 heterocycles. The van der Waals surface area contributed by atoms with Gasteiger partial charge >= 0.3 is 0 Å². The molecule has 0 unspecified atom stereocenters. The molecule has 0 fully saturated rings. The van der Waals surface area contributed by atoms with Crippen LogP contribution in [0.15, 0.2) is 54.7 Å². The number of methoxy groups -OCH3 is 2. The number of benzene rings is 3. The van der Waals surface area contributed by atoms with Gasteiger partial charge in [0.2, 0.25) is 12.5 Å². The van der Waals surface area contributed by atoms with Crippen LogP contribution in [-0.2, 0) is 19.4 Å². The van der Waals surface area contributed by atoms with Crippen LogP contribution in [0, 0.1) is 0 Å². The van der Waals surface area contributed by atoms with Crippen molar-refractivity contribution in [2.24, 2.45) is 0 Å². The summed E-state index contributed by atoms with van der Waals surface area (Å²) in [6, 6.07) is 15.2. The molecule has 0 saturated heterocycles. The topological polar surface area (TPSA) is 70.3 Å². The number of pyridine rings is 1. The van der Waals surface area contributed by atoms with Gasteiger partial charge in [-0.1, -0.05) is 0 Å². The van der Waals surface area contributed by atoms with Crippen molar-refractivity contribution in [1.29, 1.82) is 0 Å². The van der Waals surface area contributed by atoms with Crippen LogP contribution in [0.4, 0.5) is 0 Å². The first kappa shape index (κ1) is 22.3. The van der Waals surface area contributed by atoms with Gasteiger partial charge in [-0.3, -0.25) is 0 Å². The maximum Gasteiger partial charge on any atom is 0.231 e. The predicted octanol–water partition coefficient (Wildman–Crippen LogP) is 4.81. The van der Waals surface area contributed by atoms with Gasteiger partial charge in [0.15, 0.2) is 35.7 Å². The van der Waals surface area contributed by atoms with Gasteiger partial charge < -0.3 is 28.8 Å². The number of phenols is 1. The van der Waals surface area contributed by atoms with Gasteiger partial charge in [-0.2, -0.15) is 4.57 Å². The minimum Gasteiger partial charge on any atom is -0.508 e. The number of aromatic nitrogens is 1. The summed E-state index contributed by atoms with van der Waals surface area (Å²) in [6.07, 6.45) is 4.72. The molecule has 3 aromatic carbocycles. The fourth-order valence-electron chi connectivity index (χ4n) is 5.24. The quantitative estimate of drug-likeness (QED) is 0.299. The third kappa shape index (κ3) is 3.81. The average Bonchev–Trinajstić information content (AvgIpc) is 3.36. The Bertz CT molecular complexity index is 1450. The summed E-state index contributed by atoms with van der Waals surface area (Å²) in [5.41, 5.74) is 4.87. The molecule has 0 amide bonds. The van der Waals surface area contributed by atoms with E-state index in [-0.39, 0.29) is 12.5 Å². The molecule has 0 spiro atoms. The van der Waals surface area contributed by atoms with Crippen LogP contribution in [-0.4, -0.2) is 32.7 Å². The zero-order valence-electron chi connectivity index (χ0n) is 20.4. The number of nitrogens with zero attached hydrogens (tertiary/aromatic N) is 1. The lowest BCUT2D eigenvalue weighted by Crippen LogP contribution is -2.41. The molecule has 0 radical (unpaired) electrons. The minimum absolute atomic E-state index is 0.227. The molecule has 184 valence electrons. The third-order valence-corrected chi connectivity index (χ3v) is 6.92. The van der Waals surface area contributed by atoms with E-state index in [4.69, 9.17) is 23.7 Å². The molecule has 0 bridgehead atoms. The molecule has 0 atom stereocenters. The lowest BCUT2D eigenvalue weighted by molar-refractivity contribution is -0.686. The second-order valence-electron chi connectivity index (χ2n) is 8.97. The predicted molar refractivity (Wildman–Crippen MR) is 134 cm³/mol. The molecular weight excluding hydrogens is 458 g/mol. The first-order valence-corrected chi connectivity index (χ1v) is 12.1. The van der Waals surface area contributed by atoms with Gasteiger partial charge in [0.25, 0.3) is 0 Å². The van der Waals surface area contributed by atoms with Crippen LogP contribution < -0.4 is 28.3 Å². The van der Waals surface area contributed by atoms with Crippen LogP contribution in [0.3, 0.4) is 0 Å². The molecule has 7 heteroatoms. The number of hydrogen-bond donors (Lipinski definition) is 1. The van der Waals surface area contributed by atoms with E-state index in [1.54, 1.807) is 38.5 Å². The molecular formula is C29H28NO6+. The zero-order chi connectivity index (χ0) is 24.6. The van der Waals surface area contributed by atoms with Crippen molar-refractivity contribution in [2.75, 3.05) is 27.6 Å². The molecule has 0 aliphatic carbocycles. The Hall–Kier alpha value is -4.13. The highest BCUT2D eigenvalue weighted by Crippen LogP contribution is 2.43. The van der Waals surface area contributed by atoms with Crippen LogP contribution in [0.1, 0.15) is 17.5 Å². The maximum atomic E-state index is 9.51. The summed E-state index contributed by atoms with van der Waals surface area (Å²) in [5, 5.41) is 11.7. The average molecular weight is 487 g/mol. The van der Waals surface area contributed by atoms with Gasteiger partial charge in [0.1, 0.15) is 11.5 Å². The van der Waals surface area contributed by atoms with Gasteiger partial charge in [0.05, 0.1) is 31.8 Å². The Morgan fingerprint density at radius 2 is 1.75 bits per heavy atom. The number of aryl methyl sites for hydroxylation is 3. The number of rotatable bonds is 7. The normalized spacial score (nSPS) is 13.3. The number of ether oxygens (including phenoxy) is 5. The summed E-state index contributed by atoms with van der Waals surface area (Å²) in [5.74, 6) is 4.03. The van der Waals surface area contributed by atoms with Gasteiger partial charge in [-0.15, -0.1) is 0 Å². The molecule has 2 aliphatic rings. The lowest BCUT2D eigenvalue weighted by Gasteiger charge is -2.21. The van der Waals surface area contributed by atoms with Crippen LogP contribution in [0.2, 0.25) is 0 Å². The SMILES string of the molecule is COc1ccc2c(CCCOc3ccc(O)cc3)c3[n+](cc2c1OC)CCc1cc2c(cc1-3)OCO2. The third-order valence-electron chi connectivity index (χ3n) is 6.92. The second-order valence-corrected chi connectivity index (χ2v) is 8.97. The van der Waals surface area contributed by atoms with E-state index in [9.17, 15) is 5.11 Å². The number of fused-ring (bicyclic) bond motifs is 5. The Morgan fingerprint density at radius 3 is 2.53 bits per heavy atom. The van der Waals surface area contributed by atoms with E-state index in [0.29, 0.717) is 12.4 Å². The molecule has 1 aromatic heterocycles. The van der Waals surface area contributed by atoms with Gasteiger partial charge in [-0.25, -0.2) is 0 Å². The van der Waals surface area contributed by atoms with E-state index in [1.165, 1.54) is 22.4 Å². The van der Waals surface area contributed by atoms with E-state index in [0.717, 1.165) is 59.6 Å². The highest BCUT2D eigenvalue weighted by Gasteiger charge is 2.32. The molecule has 1 N–H and O–H groups in total. The fourth-order valence-corrected chi connectivity index (χ4v) is 5.24. The van der Waals surface area contributed by atoms with Crippen molar-refractivity contribution < 1.29 is 33.4 Å². The van der Waals surface area contributed by atoms with E-state index >= 15 is 0 Å². The smallest absolute Gasteiger partial charge is 0.231 e. The van der Waals surface area contributed by atoms with Crippen molar-refractivity contribution in [2.45, 2.75) is 25.8 Å². The number of aromatic hydroxyl groups is 1. The maximum absolute atomic E-state index is 9.51. The lowest BCUT2D eigenvalue weighted by atomic mass is 9.89. The summed E-state index contributed by atoms with van der Waals surface area (Å²) < 4.78 is 31.0. The Morgan fingerprint density at radius 1 is 0.944 bits per heavy atom. The monoisotopic (exact) mass is 486 g/mol. The minimum atomic E-state index is 0.227. The summed E-state index contributed by atoms with van der Waals surface area (Å²) >= 11 is 0. The van der Waals surface area contributed by atoms with Crippen molar-refractivity contribution >= 4 is 10.8 Å². The standard InChI is InChI=1S/C29H27NO6/c1-32-25-10-9-21-22(4-3-13-34-20-7-5-19(31)6-8-20)28-23-15-27-26(35-17-36-27)14-18(23)11-12-30(28)16-24(21)29(25)33-2/h5-10,14-16H,3-4,11-13,17H2,1-2H3/p+1. The zero-order valence-corrected chi connectivity index (χ0v) is 20.4. The molecule has 4 aromatic rings. The van der Waals surface area contributed by atoms with E-state index < -0.39 is 0 Å². The van der Waals surface area contributed by atoms with Gasteiger partial charge in [0, 0.05) is 17.4 Å². The molecule has 0 saturated carbocycles. The highest BCUT2D eigenvalue weighted by molar-refractivity contribution is 5.95. The number of phenolic OH excluding ortho intramolecular Hbond substituents is 1. The summed E-state index contributed by atoms with van der Waals surface area (Å²) in [4.78, 5) is 0. The van der Waals surface area contributed by atoms with Crippen LogP contribution in [0.5, 0.6) is 34.5 Å². The fraction of sp³-hybridized carbons (Fsp3) is 0.276. The van der Waals surface area contributed by atoms with Crippen LogP contribution in [0.25, 0.3) is 22.0 Å². The first-order valence-electron chi connectivity index (χ1n) is 12.1. The summed E-state index contributed by atoms with van der Waals surface area (Å²) in [7, 11) is 3.35. The second kappa shape index (κ2) is 9.15. The Labute approximate surface area is 209 Å². The van der Waals surface area contributed by atoms with Gasteiger partial charge in [-0.05, 0) is 66.9 Å². The Kier molecular flexibility index (Phi) is 5.68. The molecule has 6 rings (SSSR count). The van der Waals surface area contributed by atoms with Crippen molar-refractivity contribution in [3.8, 4) is 45.8 Å². The molecule has 36 heavy (non-hydrogen) atoms.